The first-order valence-electron chi connectivity index (χ1n) is 6.13. The second kappa shape index (κ2) is 3.22. The molecule has 1 amide bonds. The monoisotopic (exact) mass is 240 g/mol. The average Bonchev–Trinajstić information content (AvgIpc) is 2.97. The molecule has 1 unspecified atom stereocenters. The number of fused-ring (bicyclic) bond motifs is 2. The van der Waals surface area contributed by atoms with Gasteiger partial charge in [0, 0.05) is 18.0 Å². The molecule has 0 saturated heterocycles. The third-order valence-corrected chi connectivity index (χ3v) is 3.61. The Labute approximate surface area is 104 Å². The zero-order chi connectivity index (χ0) is 12.2. The highest BCUT2D eigenvalue weighted by Crippen LogP contribution is 2.45. The molecule has 4 heteroatoms. The smallest absolute Gasteiger partial charge is 0.244 e. The largest absolute Gasteiger partial charge is 0.488 e. The summed E-state index contributed by atoms with van der Waals surface area (Å²) in [7, 11) is 0. The van der Waals surface area contributed by atoms with Gasteiger partial charge in [0.25, 0.3) is 0 Å². The van der Waals surface area contributed by atoms with E-state index in [4.69, 9.17) is 4.74 Å². The van der Waals surface area contributed by atoms with Gasteiger partial charge in [0.1, 0.15) is 11.2 Å². The molecule has 1 fully saturated rings. The Balaban J connectivity index is 1.85. The van der Waals surface area contributed by atoms with Gasteiger partial charge in [-0.25, -0.2) is 0 Å². The summed E-state index contributed by atoms with van der Waals surface area (Å²) in [6.07, 6.45) is 7.71. The van der Waals surface area contributed by atoms with E-state index in [0.717, 1.165) is 29.8 Å². The van der Waals surface area contributed by atoms with Crippen molar-refractivity contribution < 1.29 is 9.53 Å². The predicted molar refractivity (Wildman–Crippen MR) is 68.0 cm³/mol. The Bertz CT molecular complexity index is 588. The second-order valence-electron chi connectivity index (χ2n) is 4.91. The lowest BCUT2D eigenvalue weighted by Crippen LogP contribution is -2.32. The highest BCUT2D eigenvalue weighted by Gasteiger charge is 2.46. The summed E-state index contributed by atoms with van der Waals surface area (Å²) < 4.78 is 5.84. The van der Waals surface area contributed by atoms with E-state index in [0.29, 0.717) is 6.10 Å². The average molecular weight is 240 g/mol. The van der Waals surface area contributed by atoms with Gasteiger partial charge in [-0.05, 0) is 25.0 Å². The van der Waals surface area contributed by atoms with Crippen LogP contribution in [0.3, 0.4) is 0 Å². The van der Waals surface area contributed by atoms with Crippen LogP contribution in [0.5, 0.6) is 5.75 Å². The number of aliphatic imine (C=N–C) groups is 1. The fourth-order valence-corrected chi connectivity index (χ4v) is 2.47. The number of carbonyl (C=O) groups is 1. The molecule has 1 N–H and O–H groups in total. The summed E-state index contributed by atoms with van der Waals surface area (Å²) >= 11 is 0. The number of amides is 1. The highest BCUT2D eigenvalue weighted by molar-refractivity contribution is 6.20. The molecule has 0 bridgehead atoms. The van der Waals surface area contributed by atoms with Gasteiger partial charge in [-0.2, -0.15) is 0 Å². The minimum atomic E-state index is -0.724. The lowest BCUT2D eigenvalue weighted by atomic mass is 9.84. The number of anilines is 1. The fourth-order valence-electron chi connectivity index (χ4n) is 2.47. The number of rotatable bonds is 2. The van der Waals surface area contributed by atoms with E-state index in [1.807, 2.05) is 24.3 Å². The topological polar surface area (TPSA) is 50.7 Å². The van der Waals surface area contributed by atoms with Crippen molar-refractivity contribution >= 4 is 17.8 Å². The third-order valence-electron chi connectivity index (χ3n) is 3.61. The summed E-state index contributed by atoms with van der Waals surface area (Å²) in [5.74, 6) is 0.718. The standard InChI is InChI=1S/C14H12N2O2/c17-13-14(6-7-15-8-14)10-2-1-3-11(12(10)16-13)18-9-4-5-9/h1-3,6-9H,4-5H2,(H,16,17). The first kappa shape index (κ1) is 9.88. The molecule has 1 aliphatic carbocycles. The van der Waals surface area contributed by atoms with Gasteiger partial charge in [0.2, 0.25) is 5.91 Å². The maximum absolute atomic E-state index is 12.2. The molecule has 1 aromatic rings. The molecule has 3 aliphatic rings. The van der Waals surface area contributed by atoms with Gasteiger partial charge >= 0.3 is 0 Å². The van der Waals surface area contributed by atoms with Crippen LogP contribution in [0.25, 0.3) is 0 Å². The van der Waals surface area contributed by atoms with E-state index in [1.54, 1.807) is 12.4 Å². The molecule has 1 spiro atoms. The predicted octanol–water partition coefficient (Wildman–Crippen LogP) is 2.02. The minimum absolute atomic E-state index is 0.0538. The molecule has 1 atom stereocenters. The van der Waals surface area contributed by atoms with Crippen LogP contribution in [0, 0.1) is 0 Å². The van der Waals surface area contributed by atoms with Gasteiger partial charge in [-0.3, -0.25) is 9.79 Å². The van der Waals surface area contributed by atoms with Crippen LogP contribution in [-0.4, -0.2) is 18.2 Å². The van der Waals surface area contributed by atoms with Gasteiger partial charge in [-0.15, -0.1) is 0 Å². The summed E-state index contributed by atoms with van der Waals surface area (Å²) in [6, 6.07) is 5.79. The quantitative estimate of drug-likeness (QED) is 0.859. The number of ether oxygens (including phenoxy) is 1. The molecule has 4 rings (SSSR count). The summed E-state index contributed by atoms with van der Waals surface area (Å²) in [4.78, 5) is 16.3. The van der Waals surface area contributed by atoms with E-state index in [1.165, 1.54) is 0 Å². The zero-order valence-electron chi connectivity index (χ0n) is 9.72. The molecule has 2 aliphatic heterocycles. The number of hydrogen-bond acceptors (Lipinski definition) is 3. The van der Waals surface area contributed by atoms with Crippen LogP contribution in [0.4, 0.5) is 5.69 Å². The van der Waals surface area contributed by atoms with Crippen molar-refractivity contribution in [3.8, 4) is 5.75 Å². The minimum Gasteiger partial charge on any atom is -0.488 e. The van der Waals surface area contributed by atoms with E-state index in [9.17, 15) is 4.79 Å². The molecule has 1 saturated carbocycles. The number of carbonyl (C=O) groups excluding carboxylic acids is 1. The van der Waals surface area contributed by atoms with E-state index >= 15 is 0 Å². The van der Waals surface area contributed by atoms with Crippen molar-refractivity contribution in [2.24, 2.45) is 4.99 Å². The van der Waals surface area contributed by atoms with Crippen LogP contribution in [-0.2, 0) is 10.2 Å². The lowest BCUT2D eigenvalue weighted by Gasteiger charge is -2.15. The van der Waals surface area contributed by atoms with E-state index < -0.39 is 5.41 Å². The Hall–Kier alpha value is -2.10. The lowest BCUT2D eigenvalue weighted by molar-refractivity contribution is -0.117. The van der Waals surface area contributed by atoms with Gasteiger partial charge in [0.15, 0.2) is 0 Å². The molecule has 1 aromatic carbocycles. The maximum Gasteiger partial charge on any atom is 0.244 e. The van der Waals surface area contributed by atoms with Crippen molar-refractivity contribution in [3.05, 3.63) is 36.0 Å². The Morgan fingerprint density at radius 3 is 3.00 bits per heavy atom. The molecular formula is C14H12N2O2. The van der Waals surface area contributed by atoms with Gasteiger partial charge in [-0.1, -0.05) is 12.1 Å². The fraction of sp³-hybridized carbons (Fsp3) is 0.286. The third kappa shape index (κ3) is 1.20. The summed E-state index contributed by atoms with van der Waals surface area (Å²) in [5, 5.41) is 2.93. The van der Waals surface area contributed by atoms with Crippen molar-refractivity contribution in [1.29, 1.82) is 0 Å². The molecule has 18 heavy (non-hydrogen) atoms. The Morgan fingerprint density at radius 2 is 2.28 bits per heavy atom. The van der Waals surface area contributed by atoms with Crippen LogP contribution >= 0.6 is 0 Å². The van der Waals surface area contributed by atoms with E-state index in [-0.39, 0.29) is 5.91 Å². The number of para-hydroxylation sites is 1. The number of benzene rings is 1. The first-order chi connectivity index (χ1) is 8.79. The zero-order valence-corrected chi connectivity index (χ0v) is 9.72. The van der Waals surface area contributed by atoms with Crippen molar-refractivity contribution in [3.63, 3.8) is 0 Å². The highest BCUT2D eigenvalue weighted by atomic mass is 16.5. The van der Waals surface area contributed by atoms with Gasteiger partial charge in [0.05, 0.1) is 11.8 Å². The molecular weight excluding hydrogens is 228 g/mol. The number of nitrogens with one attached hydrogen (secondary N) is 1. The molecule has 0 radical (unpaired) electrons. The normalized spacial score (nSPS) is 27.7. The Kier molecular flexibility index (Phi) is 1.77. The number of nitrogens with zero attached hydrogens (tertiary/aromatic N) is 1. The molecule has 90 valence electrons. The van der Waals surface area contributed by atoms with Crippen molar-refractivity contribution in [1.82, 2.24) is 0 Å². The number of hydrogen-bond donors (Lipinski definition) is 1. The second-order valence-corrected chi connectivity index (χ2v) is 4.91. The van der Waals surface area contributed by atoms with Crippen molar-refractivity contribution in [2.45, 2.75) is 24.4 Å². The van der Waals surface area contributed by atoms with Gasteiger partial charge < -0.3 is 10.1 Å². The SMILES string of the molecule is O=C1Nc2c(OC3CC3)cccc2C12C=CN=C2. The summed E-state index contributed by atoms with van der Waals surface area (Å²) in [6.45, 7) is 0. The Morgan fingerprint density at radius 1 is 1.39 bits per heavy atom. The van der Waals surface area contributed by atoms with Crippen molar-refractivity contribution in [2.75, 3.05) is 5.32 Å². The van der Waals surface area contributed by atoms with Crippen LogP contribution in [0.1, 0.15) is 18.4 Å². The van der Waals surface area contributed by atoms with E-state index in [2.05, 4.69) is 10.3 Å². The maximum atomic E-state index is 12.2. The molecule has 2 heterocycles. The molecule has 4 nitrogen and oxygen atoms in total. The summed E-state index contributed by atoms with van der Waals surface area (Å²) in [5.41, 5.74) is 1.01. The van der Waals surface area contributed by atoms with Crippen LogP contribution in [0.2, 0.25) is 0 Å². The first-order valence-corrected chi connectivity index (χ1v) is 6.13. The van der Waals surface area contributed by atoms with Crippen LogP contribution < -0.4 is 10.1 Å². The van der Waals surface area contributed by atoms with Crippen LogP contribution in [0.15, 0.2) is 35.5 Å². The molecule has 0 aromatic heterocycles.